The zero-order chi connectivity index (χ0) is 13.4. The molecule has 0 fully saturated rings. The summed E-state index contributed by atoms with van der Waals surface area (Å²) >= 11 is 0. The van der Waals surface area contributed by atoms with E-state index in [2.05, 4.69) is 0 Å². The van der Waals surface area contributed by atoms with E-state index in [0.717, 1.165) is 6.07 Å². The summed E-state index contributed by atoms with van der Waals surface area (Å²) in [5, 5.41) is 27.9. The van der Waals surface area contributed by atoms with Gasteiger partial charge in [-0.15, -0.1) is 0 Å². The van der Waals surface area contributed by atoms with Crippen LogP contribution in [0.4, 0.5) is 13.2 Å². The van der Waals surface area contributed by atoms with Crippen LogP contribution in [-0.2, 0) is 11.6 Å². The standard InChI is InChI=1S/C11H13F3O3/c1-10(2,5-15)8-6(11(12,13)14)3-4-7(16)9(8)17/h3-4,15-17H,5H2,1-2H3. The Morgan fingerprint density at radius 3 is 2.06 bits per heavy atom. The van der Waals surface area contributed by atoms with Gasteiger partial charge in [-0.25, -0.2) is 0 Å². The van der Waals surface area contributed by atoms with Crippen LogP contribution in [0.2, 0.25) is 0 Å². The zero-order valence-corrected chi connectivity index (χ0v) is 9.34. The molecule has 6 heteroatoms. The van der Waals surface area contributed by atoms with Gasteiger partial charge in [0, 0.05) is 11.0 Å². The maximum absolute atomic E-state index is 12.8. The van der Waals surface area contributed by atoms with Crippen molar-refractivity contribution in [2.45, 2.75) is 25.4 Å². The molecule has 0 saturated heterocycles. The van der Waals surface area contributed by atoms with Gasteiger partial charge in [-0.2, -0.15) is 13.2 Å². The SMILES string of the molecule is CC(C)(CO)c1c(C(F)(F)F)ccc(O)c1O. The van der Waals surface area contributed by atoms with E-state index in [1.165, 1.54) is 13.8 Å². The minimum absolute atomic E-state index is 0.507. The van der Waals surface area contributed by atoms with Crippen molar-refractivity contribution in [3.05, 3.63) is 23.3 Å². The van der Waals surface area contributed by atoms with Gasteiger partial charge in [0.05, 0.1) is 12.2 Å². The van der Waals surface area contributed by atoms with E-state index in [9.17, 15) is 23.4 Å². The second kappa shape index (κ2) is 4.10. The number of hydrogen-bond donors (Lipinski definition) is 3. The Labute approximate surface area is 96.1 Å². The summed E-state index contributed by atoms with van der Waals surface area (Å²) in [4.78, 5) is 0. The summed E-state index contributed by atoms with van der Waals surface area (Å²) in [6, 6.07) is 1.46. The van der Waals surface area contributed by atoms with Crippen LogP contribution in [0.1, 0.15) is 25.0 Å². The molecular formula is C11H13F3O3. The summed E-state index contributed by atoms with van der Waals surface area (Å²) in [6.07, 6.45) is -4.66. The lowest BCUT2D eigenvalue weighted by Crippen LogP contribution is -2.26. The quantitative estimate of drug-likeness (QED) is 0.706. The fourth-order valence-corrected chi connectivity index (χ4v) is 1.58. The number of aliphatic hydroxyl groups excluding tert-OH is 1. The molecule has 0 radical (unpaired) electrons. The van der Waals surface area contributed by atoms with Gasteiger partial charge in [0.1, 0.15) is 0 Å². The van der Waals surface area contributed by atoms with Crippen molar-refractivity contribution in [1.82, 2.24) is 0 Å². The summed E-state index contributed by atoms with van der Waals surface area (Å²) in [5.74, 6) is -1.49. The fourth-order valence-electron chi connectivity index (χ4n) is 1.58. The molecule has 1 aromatic rings. The van der Waals surface area contributed by atoms with Crippen LogP contribution in [0, 0.1) is 0 Å². The van der Waals surface area contributed by atoms with Crippen molar-refractivity contribution in [2.75, 3.05) is 6.61 Å². The van der Waals surface area contributed by atoms with Crippen molar-refractivity contribution in [3.63, 3.8) is 0 Å². The molecular weight excluding hydrogens is 237 g/mol. The van der Waals surface area contributed by atoms with Crippen LogP contribution >= 0.6 is 0 Å². The first-order chi connectivity index (χ1) is 7.61. The Morgan fingerprint density at radius 1 is 1.12 bits per heavy atom. The van der Waals surface area contributed by atoms with Crippen LogP contribution in [-0.4, -0.2) is 21.9 Å². The molecule has 17 heavy (non-hydrogen) atoms. The zero-order valence-electron chi connectivity index (χ0n) is 9.34. The molecule has 3 N–H and O–H groups in total. The number of aromatic hydroxyl groups is 2. The van der Waals surface area contributed by atoms with E-state index >= 15 is 0 Å². The van der Waals surface area contributed by atoms with Crippen LogP contribution < -0.4 is 0 Å². The summed E-state index contributed by atoms with van der Waals surface area (Å²) in [5.41, 5.74) is -2.88. The molecule has 1 rings (SSSR count). The van der Waals surface area contributed by atoms with Crippen molar-refractivity contribution in [3.8, 4) is 11.5 Å². The van der Waals surface area contributed by atoms with Gasteiger partial charge in [-0.05, 0) is 12.1 Å². The maximum Gasteiger partial charge on any atom is 0.416 e. The molecule has 96 valence electrons. The van der Waals surface area contributed by atoms with E-state index in [1.807, 2.05) is 0 Å². The van der Waals surface area contributed by atoms with Gasteiger partial charge < -0.3 is 15.3 Å². The predicted octanol–water partition coefficient (Wildman–Crippen LogP) is 2.39. The highest BCUT2D eigenvalue weighted by molar-refractivity contribution is 5.53. The molecule has 0 unspecified atom stereocenters. The number of phenolic OH excluding ortho intramolecular Hbond substituents is 2. The molecule has 0 amide bonds. The molecule has 0 saturated carbocycles. The fraction of sp³-hybridized carbons (Fsp3) is 0.455. The van der Waals surface area contributed by atoms with E-state index < -0.39 is 40.8 Å². The molecule has 0 spiro atoms. The van der Waals surface area contributed by atoms with Gasteiger partial charge >= 0.3 is 6.18 Å². The number of halogens is 3. The van der Waals surface area contributed by atoms with Gasteiger partial charge in [-0.1, -0.05) is 13.8 Å². The molecule has 0 bridgehead atoms. The predicted molar refractivity (Wildman–Crippen MR) is 54.9 cm³/mol. The Hall–Kier alpha value is -1.43. The molecule has 1 aromatic carbocycles. The summed E-state index contributed by atoms with van der Waals surface area (Å²) in [6.45, 7) is 2.10. The summed E-state index contributed by atoms with van der Waals surface area (Å²) < 4.78 is 38.3. The van der Waals surface area contributed by atoms with Crippen molar-refractivity contribution in [2.24, 2.45) is 0 Å². The minimum Gasteiger partial charge on any atom is -0.504 e. The third-order valence-electron chi connectivity index (χ3n) is 2.53. The van der Waals surface area contributed by atoms with E-state index in [-0.39, 0.29) is 0 Å². The number of rotatable bonds is 2. The lowest BCUT2D eigenvalue weighted by molar-refractivity contribution is -0.139. The van der Waals surface area contributed by atoms with Gasteiger partial charge in [-0.3, -0.25) is 0 Å². The molecule has 0 aromatic heterocycles. The average Bonchev–Trinajstić information content (AvgIpc) is 2.19. The van der Waals surface area contributed by atoms with Gasteiger partial charge in [0.25, 0.3) is 0 Å². The Bertz CT molecular complexity index is 425. The molecule has 0 atom stereocenters. The number of phenols is 2. The third kappa shape index (κ3) is 2.46. The lowest BCUT2D eigenvalue weighted by atomic mass is 9.81. The highest BCUT2D eigenvalue weighted by atomic mass is 19.4. The minimum atomic E-state index is -4.66. The van der Waals surface area contributed by atoms with Gasteiger partial charge in [0.15, 0.2) is 11.5 Å². The second-order valence-electron chi connectivity index (χ2n) is 4.40. The highest BCUT2D eigenvalue weighted by Crippen LogP contribution is 2.45. The first-order valence-corrected chi connectivity index (χ1v) is 4.84. The molecule has 3 nitrogen and oxygen atoms in total. The molecule has 0 aliphatic carbocycles. The maximum atomic E-state index is 12.8. The van der Waals surface area contributed by atoms with Gasteiger partial charge in [0.2, 0.25) is 0 Å². The van der Waals surface area contributed by atoms with Crippen molar-refractivity contribution < 1.29 is 28.5 Å². The first kappa shape index (κ1) is 13.6. The third-order valence-corrected chi connectivity index (χ3v) is 2.53. The average molecular weight is 250 g/mol. The first-order valence-electron chi connectivity index (χ1n) is 4.84. The number of benzene rings is 1. The number of alkyl halides is 3. The smallest absolute Gasteiger partial charge is 0.416 e. The number of hydrogen-bond acceptors (Lipinski definition) is 3. The van der Waals surface area contributed by atoms with E-state index in [4.69, 9.17) is 5.11 Å². The Morgan fingerprint density at radius 2 is 1.65 bits per heavy atom. The Kier molecular flexibility index (Phi) is 3.29. The van der Waals surface area contributed by atoms with Crippen molar-refractivity contribution >= 4 is 0 Å². The molecule has 0 aliphatic heterocycles. The van der Waals surface area contributed by atoms with E-state index in [0.29, 0.717) is 6.07 Å². The summed E-state index contributed by atoms with van der Waals surface area (Å²) in [7, 11) is 0. The largest absolute Gasteiger partial charge is 0.504 e. The molecule has 0 aliphatic rings. The van der Waals surface area contributed by atoms with Crippen LogP contribution in [0.5, 0.6) is 11.5 Å². The normalized spacial score (nSPS) is 12.8. The van der Waals surface area contributed by atoms with Crippen LogP contribution in [0.15, 0.2) is 12.1 Å². The second-order valence-corrected chi connectivity index (χ2v) is 4.40. The lowest BCUT2D eigenvalue weighted by Gasteiger charge is -2.27. The Balaban J connectivity index is 3.59. The van der Waals surface area contributed by atoms with Crippen LogP contribution in [0.25, 0.3) is 0 Å². The van der Waals surface area contributed by atoms with Crippen molar-refractivity contribution in [1.29, 1.82) is 0 Å². The molecule has 0 heterocycles. The monoisotopic (exact) mass is 250 g/mol. The van der Waals surface area contributed by atoms with E-state index in [1.54, 1.807) is 0 Å². The topological polar surface area (TPSA) is 60.7 Å². The van der Waals surface area contributed by atoms with Crippen LogP contribution in [0.3, 0.4) is 0 Å². The number of aliphatic hydroxyl groups is 1. The highest BCUT2D eigenvalue weighted by Gasteiger charge is 2.40.